The first-order valence-electron chi connectivity index (χ1n) is 9.25. The van der Waals surface area contributed by atoms with Crippen LogP contribution in [-0.2, 0) is 0 Å². The number of nitrogens with zero attached hydrogens (tertiary/aromatic N) is 1. The number of aromatic nitrogens is 1. The van der Waals surface area contributed by atoms with E-state index in [2.05, 4.69) is 98.1 Å². The Morgan fingerprint density at radius 1 is 0.821 bits per heavy atom. The quantitative estimate of drug-likeness (QED) is 0.318. The summed E-state index contributed by atoms with van der Waals surface area (Å²) >= 11 is 7.19. The van der Waals surface area contributed by atoms with Gasteiger partial charge in [-0.1, -0.05) is 37.9 Å². The summed E-state index contributed by atoms with van der Waals surface area (Å²) in [6.07, 6.45) is -0.893. The van der Waals surface area contributed by atoms with E-state index in [1.54, 1.807) is 0 Å². The second-order valence-corrected chi connectivity index (χ2v) is 9.23. The van der Waals surface area contributed by atoms with Crippen molar-refractivity contribution in [3.05, 3.63) is 74.7 Å². The molecule has 3 aromatic carbocycles. The fraction of sp³-hybridized carbons (Fsp3) is 0.217. The summed E-state index contributed by atoms with van der Waals surface area (Å²) in [5.74, 6) is 0. The minimum atomic E-state index is -0.591. The van der Waals surface area contributed by atoms with Gasteiger partial charge in [-0.25, -0.2) is 0 Å². The van der Waals surface area contributed by atoms with Gasteiger partial charge in [-0.3, -0.25) is 0 Å². The molecule has 0 saturated heterocycles. The molecule has 4 aromatic rings. The van der Waals surface area contributed by atoms with Crippen molar-refractivity contribution in [1.82, 2.24) is 4.57 Å². The molecule has 3 nitrogen and oxygen atoms in total. The Balaban J connectivity index is 1.95. The van der Waals surface area contributed by atoms with Gasteiger partial charge in [0.25, 0.3) is 0 Å². The van der Waals surface area contributed by atoms with E-state index in [0.717, 1.165) is 36.4 Å². The van der Waals surface area contributed by atoms with Gasteiger partial charge in [0.05, 0.1) is 17.1 Å². The summed E-state index contributed by atoms with van der Waals surface area (Å²) in [5, 5.41) is 16.6. The summed E-state index contributed by atoms with van der Waals surface area (Å²) in [7, 11) is 0. The van der Waals surface area contributed by atoms with Crippen LogP contribution in [0.25, 0.3) is 21.8 Å². The van der Waals surface area contributed by atoms with E-state index in [9.17, 15) is 5.11 Å². The zero-order valence-corrected chi connectivity index (χ0v) is 19.2. The summed E-state index contributed by atoms with van der Waals surface area (Å²) in [5.41, 5.74) is 5.56. The number of rotatable bonds is 4. The zero-order valence-electron chi connectivity index (χ0n) is 16.0. The van der Waals surface area contributed by atoms with Gasteiger partial charge in [-0.2, -0.15) is 0 Å². The number of benzene rings is 3. The minimum Gasteiger partial charge on any atom is -0.389 e. The number of nitrogens with one attached hydrogen (secondary N) is 1. The summed E-state index contributed by atoms with van der Waals surface area (Å²) < 4.78 is 4.27. The van der Waals surface area contributed by atoms with Crippen molar-refractivity contribution in [2.75, 3.05) is 5.32 Å². The van der Waals surface area contributed by atoms with Crippen LogP contribution in [0.2, 0.25) is 0 Å². The maximum absolute atomic E-state index is 10.7. The highest BCUT2D eigenvalue weighted by Gasteiger charge is 2.23. The lowest BCUT2D eigenvalue weighted by Crippen LogP contribution is -2.28. The molecule has 5 heteroatoms. The Kier molecular flexibility index (Phi) is 5.25. The third-order valence-corrected chi connectivity index (χ3v) is 5.98. The molecule has 0 radical (unpaired) electrons. The molecule has 0 aliphatic heterocycles. The molecule has 0 fully saturated rings. The largest absolute Gasteiger partial charge is 0.389 e. The molecule has 0 spiro atoms. The van der Waals surface area contributed by atoms with E-state index in [1.165, 1.54) is 11.1 Å². The van der Waals surface area contributed by atoms with Crippen LogP contribution in [-0.4, -0.2) is 15.8 Å². The van der Waals surface area contributed by atoms with E-state index in [-0.39, 0.29) is 6.17 Å². The van der Waals surface area contributed by atoms with Crippen molar-refractivity contribution < 1.29 is 5.11 Å². The van der Waals surface area contributed by atoms with E-state index < -0.39 is 6.10 Å². The Morgan fingerprint density at radius 3 is 1.79 bits per heavy atom. The normalized spacial score (nSPS) is 13.8. The Hall–Kier alpha value is -1.82. The molecule has 2 unspecified atom stereocenters. The number of aliphatic hydroxyl groups excluding tert-OH is 1. The number of hydrogen-bond donors (Lipinski definition) is 2. The van der Waals surface area contributed by atoms with Gasteiger partial charge < -0.3 is 15.0 Å². The second-order valence-electron chi connectivity index (χ2n) is 7.40. The van der Waals surface area contributed by atoms with Crippen LogP contribution < -0.4 is 5.32 Å². The van der Waals surface area contributed by atoms with Gasteiger partial charge in [0.2, 0.25) is 0 Å². The molecule has 144 valence electrons. The van der Waals surface area contributed by atoms with Crippen molar-refractivity contribution in [3.8, 4) is 0 Å². The average Bonchev–Trinajstić information content (AvgIpc) is 2.91. The minimum absolute atomic E-state index is 0.302. The summed E-state index contributed by atoms with van der Waals surface area (Å²) in [6.45, 7) is 6.01. The lowest BCUT2D eigenvalue weighted by Gasteiger charge is -2.27. The van der Waals surface area contributed by atoms with Crippen molar-refractivity contribution in [1.29, 1.82) is 0 Å². The van der Waals surface area contributed by atoms with Gasteiger partial charge in [0.1, 0.15) is 6.17 Å². The SMILES string of the molecule is Cc1cc(C)cc(NC(C(C)O)n2c3ccc(Br)cc3c3cc(Br)ccc32)c1. The number of hydrogen-bond acceptors (Lipinski definition) is 2. The molecular formula is C23H22Br2N2O. The first-order chi connectivity index (χ1) is 13.3. The Bertz CT molecular complexity index is 1100. The Labute approximate surface area is 181 Å². The fourth-order valence-corrected chi connectivity index (χ4v) is 4.65. The molecule has 0 saturated carbocycles. The van der Waals surface area contributed by atoms with Crippen molar-refractivity contribution in [3.63, 3.8) is 0 Å². The lowest BCUT2D eigenvalue weighted by molar-refractivity contribution is 0.147. The highest BCUT2D eigenvalue weighted by atomic mass is 79.9. The highest BCUT2D eigenvalue weighted by Crippen LogP contribution is 2.36. The van der Waals surface area contributed by atoms with Gasteiger partial charge in [0.15, 0.2) is 0 Å². The number of anilines is 1. The maximum Gasteiger partial charge on any atom is 0.130 e. The fourth-order valence-electron chi connectivity index (χ4n) is 3.93. The van der Waals surface area contributed by atoms with Crippen LogP contribution in [0.5, 0.6) is 0 Å². The predicted molar refractivity (Wildman–Crippen MR) is 125 cm³/mol. The molecule has 2 N–H and O–H groups in total. The molecule has 0 amide bonds. The standard InChI is InChI=1S/C23H22Br2N2O/c1-13-8-14(2)10-18(9-13)26-23(15(3)28)27-21-6-4-16(24)11-19(21)20-12-17(25)5-7-22(20)27/h4-12,15,23,26,28H,1-3H3. The van der Waals surface area contributed by atoms with Crippen LogP contribution in [0.1, 0.15) is 24.2 Å². The van der Waals surface area contributed by atoms with Crippen molar-refractivity contribution in [2.24, 2.45) is 0 Å². The molecule has 0 aliphatic carbocycles. The molecule has 1 aromatic heterocycles. The molecule has 0 bridgehead atoms. The summed E-state index contributed by atoms with van der Waals surface area (Å²) in [4.78, 5) is 0. The number of halogens is 2. The monoisotopic (exact) mass is 500 g/mol. The van der Waals surface area contributed by atoms with Gasteiger partial charge in [-0.05, 0) is 80.4 Å². The summed E-state index contributed by atoms with van der Waals surface area (Å²) in [6, 6.07) is 18.9. The topological polar surface area (TPSA) is 37.2 Å². The van der Waals surface area contributed by atoms with Crippen LogP contribution in [0, 0.1) is 13.8 Å². The van der Waals surface area contributed by atoms with Crippen molar-refractivity contribution >= 4 is 59.4 Å². The van der Waals surface area contributed by atoms with Crippen LogP contribution in [0.4, 0.5) is 5.69 Å². The average molecular weight is 502 g/mol. The van der Waals surface area contributed by atoms with Crippen LogP contribution in [0.3, 0.4) is 0 Å². The number of fused-ring (bicyclic) bond motifs is 3. The van der Waals surface area contributed by atoms with Crippen LogP contribution >= 0.6 is 31.9 Å². The van der Waals surface area contributed by atoms with E-state index in [4.69, 9.17) is 0 Å². The van der Waals surface area contributed by atoms with E-state index in [1.807, 2.05) is 19.1 Å². The van der Waals surface area contributed by atoms with Gasteiger partial charge in [-0.15, -0.1) is 0 Å². The lowest BCUT2D eigenvalue weighted by atomic mass is 10.1. The van der Waals surface area contributed by atoms with Gasteiger partial charge >= 0.3 is 0 Å². The molecule has 28 heavy (non-hydrogen) atoms. The van der Waals surface area contributed by atoms with Gasteiger partial charge in [0, 0.05) is 25.4 Å². The Morgan fingerprint density at radius 2 is 1.32 bits per heavy atom. The first-order valence-corrected chi connectivity index (χ1v) is 10.8. The third kappa shape index (κ3) is 3.59. The molecule has 2 atom stereocenters. The third-order valence-electron chi connectivity index (χ3n) is 5.00. The predicted octanol–water partition coefficient (Wildman–Crippen LogP) is 6.93. The van der Waals surface area contributed by atoms with E-state index >= 15 is 0 Å². The number of aliphatic hydroxyl groups is 1. The van der Waals surface area contributed by atoms with E-state index in [0.29, 0.717) is 0 Å². The molecule has 1 heterocycles. The molecular weight excluding hydrogens is 480 g/mol. The van der Waals surface area contributed by atoms with Crippen LogP contribution in [0.15, 0.2) is 63.5 Å². The smallest absolute Gasteiger partial charge is 0.130 e. The number of aryl methyl sites for hydroxylation is 2. The second kappa shape index (κ2) is 7.54. The molecule has 4 rings (SSSR count). The zero-order chi connectivity index (χ0) is 20.0. The maximum atomic E-state index is 10.7. The van der Waals surface area contributed by atoms with Crippen molar-refractivity contribution in [2.45, 2.75) is 33.0 Å². The first kappa shape index (κ1) is 19.5. The highest BCUT2D eigenvalue weighted by molar-refractivity contribution is 9.10. The molecule has 0 aliphatic rings.